The second kappa shape index (κ2) is 8.48. The molecule has 0 bridgehead atoms. The van der Waals surface area contributed by atoms with Crippen LogP contribution < -0.4 is 11.5 Å². The van der Waals surface area contributed by atoms with E-state index in [1.54, 1.807) is 72.8 Å². The minimum absolute atomic E-state index is 0.134. The highest BCUT2D eigenvalue weighted by Gasteiger charge is 2.37. The molecule has 34 heavy (non-hydrogen) atoms. The van der Waals surface area contributed by atoms with E-state index in [2.05, 4.69) is 0 Å². The molecule has 0 aromatic heterocycles. The third kappa shape index (κ3) is 3.76. The normalized spacial score (nSPS) is 12.4. The highest BCUT2D eigenvalue weighted by atomic mass is 32.2. The van der Waals surface area contributed by atoms with Crippen LogP contribution in [0.2, 0.25) is 0 Å². The molecule has 0 saturated carbocycles. The molecule has 0 radical (unpaired) electrons. The van der Waals surface area contributed by atoms with E-state index in [0.29, 0.717) is 9.79 Å². The number of anilines is 2. The molecule has 0 aliphatic heterocycles. The van der Waals surface area contributed by atoms with Gasteiger partial charge in [0.2, 0.25) is 0 Å². The fourth-order valence-corrected chi connectivity index (χ4v) is 5.76. The van der Waals surface area contributed by atoms with E-state index < -0.39 is 0 Å². The van der Waals surface area contributed by atoms with Gasteiger partial charge >= 0.3 is 0 Å². The molecule has 1 aliphatic carbocycles. The highest BCUT2D eigenvalue weighted by Crippen LogP contribution is 2.44. The molecule has 0 spiro atoms. The Kier molecular flexibility index (Phi) is 5.47. The van der Waals surface area contributed by atoms with Gasteiger partial charge in [-0.15, -0.1) is 0 Å². The number of phenols is 2. The number of fused-ring (bicyclic) bond motifs is 2. The van der Waals surface area contributed by atoms with E-state index in [0.717, 1.165) is 9.79 Å². The number of benzene rings is 4. The topological polar surface area (TPSA) is 127 Å². The van der Waals surface area contributed by atoms with Gasteiger partial charge in [0.15, 0.2) is 11.6 Å². The van der Waals surface area contributed by atoms with Gasteiger partial charge in [-0.3, -0.25) is 9.59 Å². The first-order valence-electron chi connectivity index (χ1n) is 10.2. The quantitative estimate of drug-likeness (QED) is 0.251. The molecule has 4 aromatic carbocycles. The van der Waals surface area contributed by atoms with Gasteiger partial charge in [0, 0.05) is 42.1 Å². The number of rotatable bonds is 4. The lowest BCUT2D eigenvalue weighted by Gasteiger charge is -2.24. The van der Waals surface area contributed by atoms with E-state index in [-0.39, 0.29) is 56.7 Å². The Morgan fingerprint density at radius 1 is 0.500 bits per heavy atom. The van der Waals surface area contributed by atoms with Crippen molar-refractivity contribution in [2.24, 2.45) is 0 Å². The average molecular weight is 487 g/mol. The summed E-state index contributed by atoms with van der Waals surface area (Å²) in [5, 5.41) is 19.2. The summed E-state index contributed by atoms with van der Waals surface area (Å²) in [4.78, 5) is 30.3. The number of aromatic hydroxyl groups is 2. The third-order valence-corrected chi connectivity index (χ3v) is 7.57. The summed E-state index contributed by atoms with van der Waals surface area (Å²) in [5.74, 6) is -0.446. The van der Waals surface area contributed by atoms with Crippen LogP contribution in [0.1, 0.15) is 31.8 Å². The van der Waals surface area contributed by atoms with Crippen LogP contribution in [0.15, 0.2) is 92.4 Å². The van der Waals surface area contributed by atoms with Crippen LogP contribution in [0, 0.1) is 0 Å². The molecule has 0 unspecified atom stereocenters. The van der Waals surface area contributed by atoms with Gasteiger partial charge < -0.3 is 21.7 Å². The summed E-state index contributed by atoms with van der Waals surface area (Å²) in [6.45, 7) is 0. The molecule has 8 heteroatoms. The van der Waals surface area contributed by atoms with E-state index in [1.165, 1.54) is 23.5 Å². The Morgan fingerprint density at radius 2 is 0.853 bits per heavy atom. The van der Waals surface area contributed by atoms with Gasteiger partial charge in [-0.25, -0.2) is 0 Å². The molecule has 5 rings (SSSR count). The maximum Gasteiger partial charge on any atom is 0.198 e. The Hall–Kier alpha value is -3.88. The van der Waals surface area contributed by atoms with Gasteiger partial charge in [-0.1, -0.05) is 23.5 Å². The van der Waals surface area contributed by atoms with Crippen molar-refractivity contribution in [1.82, 2.24) is 0 Å². The summed E-state index contributed by atoms with van der Waals surface area (Å²) >= 11 is 2.62. The standard InChI is InChI=1S/C26H18N2O4S2/c27-17-9-11-19(33-15-5-1-13(29)2-6-15)23-21(17)25(31)22-18(28)10-12-20(24(22)26(23)32)34-16-7-3-14(30)4-8-16/h1-12,29-30H,27-28H2. The van der Waals surface area contributed by atoms with Gasteiger partial charge in [0.05, 0.1) is 11.1 Å². The Balaban J connectivity index is 1.65. The molecular weight excluding hydrogens is 468 g/mol. The van der Waals surface area contributed by atoms with Crippen LogP contribution in [0.3, 0.4) is 0 Å². The van der Waals surface area contributed by atoms with E-state index in [9.17, 15) is 19.8 Å². The third-order valence-electron chi connectivity index (χ3n) is 5.44. The first-order valence-corrected chi connectivity index (χ1v) is 11.8. The fraction of sp³-hybridized carbons (Fsp3) is 0. The minimum atomic E-state index is -0.388. The fourth-order valence-electron chi connectivity index (χ4n) is 3.84. The van der Waals surface area contributed by atoms with Crippen molar-refractivity contribution in [3.8, 4) is 11.5 Å². The lowest BCUT2D eigenvalue weighted by atomic mass is 9.82. The smallest absolute Gasteiger partial charge is 0.198 e. The predicted octanol–water partition coefficient (Wildman–Crippen LogP) is 5.34. The van der Waals surface area contributed by atoms with Crippen LogP contribution in [-0.2, 0) is 0 Å². The van der Waals surface area contributed by atoms with Crippen molar-refractivity contribution in [2.75, 3.05) is 11.5 Å². The molecule has 0 saturated heterocycles. The van der Waals surface area contributed by atoms with Crippen LogP contribution in [0.5, 0.6) is 11.5 Å². The lowest BCUT2D eigenvalue weighted by molar-refractivity contribution is 0.0976. The van der Waals surface area contributed by atoms with E-state index >= 15 is 0 Å². The van der Waals surface area contributed by atoms with Crippen LogP contribution >= 0.6 is 23.5 Å². The number of hydrogen-bond acceptors (Lipinski definition) is 8. The Bertz CT molecular complexity index is 1360. The molecule has 1 aliphatic rings. The number of phenolic OH excluding ortho intramolecular Hbond substituents is 2. The molecule has 6 N–H and O–H groups in total. The van der Waals surface area contributed by atoms with Crippen molar-refractivity contribution in [3.63, 3.8) is 0 Å². The molecule has 0 atom stereocenters. The number of carbonyl (C=O) groups is 2. The second-order valence-corrected chi connectivity index (χ2v) is 9.89. The first-order chi connectivity index (χ1) is 16.3. The van der Waals surface area contributed by atoms with E-state index in [1.807, 2.05) is 0 Å². The van der Waals surface area contributed by atoms with Crippen LogP contribution in [-0.4, -0.2) is 21.8 Å². The first kappa shape index (κ1) is 21.9. The Morgan fingerprint density at radius 3 is 1.24 bits per heavy atom. The molecule has 0 amide bonds. The summed E-state index contributed by atoms with van der Waals surface area (Å²) < 4.78 is 0. The zero-order valence-electron chi connectivity index (χ0n) is 17.6. The SMILES string of the molecule is Nc1ccc(Sc2ccc(O)cc2)c2c1C(=O)c1c(N)ccc(Sc3ccc(O)cc3)c1C2=O. The monoisotopic (exact) mass is 486 g/mol. The maximum atomic E-state index is 13.9. The van der Waals surface area contributed by atoms with Gasteiger partial charge in [-0.2, -0.15) is 0 Å². The zero-order valence-corrected chi connectivity index (χ0v) is 19.2. The van der Waals surface area contributed by atoms with Gasteiger partial charge in [-0.05, 0) is 72.8 Å². The van der Waals surface area contributed by atoms with Crippen molar-refractivity contribution in [1.29, 1.82) is 0 Å². The maximum absolute atomic E-state index is 13.9. The molecular formula is C26H18N2O4S2. The van der Waals surface area contributed by atoms with Crippen LogP contribution in [0.25, 0.3) is 0 Å². The molecule has 4 aromatic rings. The average Bonchev–Trinajstić information content (AvgIpc) is 2.82. The summed E-state index contributed by atoms with van der Waals surface area (Å²) in [6.07, 6.45) is 0. The molecule has 168 valence electrons. The number of ketones is 2. The number of hydrogen-bond donors (Lipinski definition) is 4. The number of nitrogen functional groups attached to an aromatic ring is 2. The van der Waals surface area contributed by atoms with Crippen molar-refractivity contribution >= 4 is 46.5 Å². The van der Waals surface area contributed by atoms with Gasteiger partial charge in [0.25, 0.3) is 0 Å². The largest absolute Gasteiger partial charge is 0.508 e. The number of nitrogens with two attached hydrogens (primary N) is 2. The van der Waals surface area contributed by atoms with Crippen molar-refractivity contribution in [3.05, 3.63) is 95.1 Å². The summed E-state index contributed by atoms with van der Waals surface area (Å²) in [5.41, 5.74) is 13.6. The summed E-state index contributed by atoms with van der Waals surface area (Å²) in [6, 6.07) is 19.8. The second-order valence-electron chi connectivity index (χ2n) is 7.66. The van der Waals surface area contributed by atoms with Crippen molar-refractivity contribution < 1.29 is 19.8 Å². The lowest BCUT2D eigenvalue weighted by Crippen LogP contribution is -2.25. The minimum Gasteiger partial charge on any atom is -0.508 e. The molecule has 0 heterocycles. The predicted molar refractivity (Wildman–Crippen MR) is 133 cm³/mol. The molecule has 6 nitrogen and oxygen atoms in total. The van der Waals surface area contributed by atoms with E-state index in [4.69, 9.17) is 11.5 Å². The Labute approximate surface area is 203 Å². The summed E-state index contributed by atoms with van der Waals surface area (Å²) in [7, 11) is 0. The highest BCUT2D eigenvalue weighted by molar-refractivity contribution is 7.99. The number of carbonyl (C=O) groups excluding carboxylic acids is 2. The van der Waals surface area contributed by atoms with Crippen LogP contribution in [0.4, 0.5) is 11.4 Å². The molecule has 0 fully saturated rings. The zero-order chi connectivity index (χ0) is 24.0. The van der Waals surface area contributed by atoms with Crippen molar-refractivity contribution in [2.45, 2.75) is 19.6 Å². The van der Waals surface area contributed by atoms with Gasteiger partial charge in [0.1, 0.15) is 11.5 Å².